The highest BCUT2D eigenvalue weighted by Gasteiger charge is 2.25. The standard InChI is InChI=1S/C10H12FN3O2.ClH/c11-7-1-2-9(10(5-7)14(15)16)13-4-3-8(12)6-13;/h1-2,5,8H,3-4,6,12H2;1H/t8-;/m0./s1. The van der Waals surface area contributed by atoms with Gasteiger partial charge < -0.3 is 10.6 Å². The molecule has 0 aromatic heterocycles. The second-order valence-electron chi connectivity index (χ2n) is 3.88. The molecule has 0 bridgehead atoms. The van der Waals surface area contributed by atoms with Gasteiger partial charge in [0, 0.05) is 19.1 Å². The number of rotatable bonds is 2. The first-order chi connectivity index (χ1) is 7.58. The summed E-state index contributed by atoms with van der Waals surface area (Å²) in [5, 5.41) is 10.8. The molecule has 17 heavy (non-hydrogen) atoms. The van der Waals surface area contributed by atoms with Gasteiger partial charge in [-0.1, -0.05) is 0 Å². The van der Waals surface area contributed by atoms with E-state index in [0.29, 0.717) is 18.8 Å². The van der Waals surface area contributed by atoms with Crippen LogP contribution in [0.4, 0.5) is 15.8 Å². The van der Waals surface area contributed by atoms with Crippen molar-refractivity contribution in [3.8, 4) is 0 Å². The molecule has 2 N–H and O–H groups in total. The van der Waals surface area contributed by atoms with E-state index in [1.165, 1.54) is 12.1 Å². The Balaban J connectivity index is 0.00000144. The predicted molar refractivity (Wildman–Crippen MR) is 65.1 cm³/mol. The Morgan fingerprint density at radius 1 is 1.53 bits per heavy atom. The van der Waals surface area contributed by atoms with E-state index in [-0.39, 0.29) is 24.1 Å². The minimum Gasteiger partial charge on any atom is -0.364 e. The SMILES string of the molecule is Cl.N[C@H]1CCN(c2ccc(F)cc2[N+](=O)[O-])C1. The van der Waals surface area contributed by atoms with Crippen LogP contribution in [0.2, 0.25) is 0 Å². The summed E-state index contributed by atoms with van der Waals surface area (Å²) in [6, 6.07) is 3.64. The minimum atomic E-state index is -0.598. The highest BCUT2D eigenvalue weighted by molar-refractivity contribution is 5.85. The second-order valence-corrected chi connectivity index (χ2v) is 3.88. The molecule has 1 aliphatic rings. The summed E-state index contributed by atoms with van der Waals surface area (Å²) in [4.78, 5) is 12.0. The lowest BCUT2D eigenvalue weighted by atomic mass is 10.2. The second kappa shape index (κ2) is 5.29. The number of halogens is 2. The summed E-state index contributed by atoms with van der Waals surface area (Å²) in [5.74, 6) is -0.598. The minimum absolute atomic E-state index is 0. The van der Waals surface area contributed by atoms with Crippen LogP contribution >= 0.6 is 12.4 Å². The molecule has 0 spiro atoms. The Morgan fingerprint density at radius 2 is 2.24 bits per heavy atom. The molecule has 1 heterocycles. The fourth-order valence-corrected chi connectivity index (χ4v) is 1.92. The molecule has 2 rings (SSSR count). The fourth-order valence-electron chi connectivity index (χ4n) is 1.92. The molecular formula is C10H13ClFN3O2. The van der Waals surface area contributed by atoms with Crippen LogP contribution in [0.25, 0.3) is 0 Å². The van der Waals surface area contributed by atoms with Crippen molar-refractivity contribution in [2.24, 2.45) is 5.73 Å². The lowest BCUT2D eigenvalue weighted by Gasteiger charge is -2.17. The van der Waals surface area contributed by atoms with Gasteiger partial charge in [0.05, 0.1) is 11.0 Å². The maximum Gasteiger partial charge on any atom is 0.295 e. The van der Waals surface area contributed by atoms with Crippen molar-refractivity contribution < 1.29 is 9.31 Å². The Bertz CT molecular complexity index is 430. The van der Waals surface area contributed by atoms with Crippen molar-refractivity contribution in [3.63, 3.8) is 0 Å². The number of nitrogens with zero attached hydrogens (tertiary/aromatic N) is 2. The number of nitrogens with two attached hydrogens (primary N) is 1. The molecule has 1 atom stereocenters. The van der Waals surface area contributed by atoms with Gasteiger partial charge in [0.15, 0.2) is 0 Å². The first kappa shape index (κ1) is 13.7. The van der Waals surface area contributed by atoms with Crippen molar-refractivity contribution in [2.45, 2.75) is 12.5 Å². The molecule has 1 fully saturated rings. The number of hydrogen-bond donors (Lipinski definition) is 1. The zero-order chi connectivity index (χ0) is 11.7. The van der Waals surface area contributed by atoms with Crippen LogP contribution in [-0.2, 0) is 0 Å². The molecule has 1 aliphatic heterocycles. The molecule has 0 amide bonds. The molecule has 1 saturated heterocycles. The van der Waals surface area contributed by atoms with Crippen molar-refractivity contribution in [3.05, 3.63) is 34.1 Å². The summed E-state index contributed by atoms with van der Waals surface area (Å²) in [6.07, 6.45) is 0.800. The van der Waals surface area contributed by atoms with Crippen molar-refractivity contribution in [1.82, 2.24) is 0 Å². The van der Waals surface area contributed by atoms with E-state index in [1.54, 1.807) is 0 Å². The summed E-state index contributed by atoms with van der Waals surface area (Å²) < 4.78 is 12.9. The Labute approximate surface area is 104 Å². The van der Waals surface area contributed by atoms with Crippen LogP contribution in [-0.4, -0.2) is 24.1 Å². The average Bonchev–Trinajstić information content (AvgIpc) is 2.64. The predicted octanol–water partition coefficient (Wildman–Crippen LogP) is 1.69. The molecule has 0 saturated carbocycles. The zero-order valence-corrected chi connectivity index (χ0v) is 9.82. The number of benzene rings is 1. The highest BCUT2D eigenvalue weighted by Crippen LogP contribution is 2.30. The van der Waals surface area contributed by atoms with Crippen LogP contribution < -0.4 is 10.6 Å². The molecular weight excluding hydrogens is 249 g/mol. The number of nitro groups is 1. The normalized spacial score (nSPS) is 18.9. The van der Waals surface area contributed by atoms with Gasteiger partial charge in [-0.25, -0.2) is 4.39 Å². The van der Waals surface area contributed by atoms with E-state index in [9.17, 15) is 14.5 Å². The maximum atomic E-state index is 12.9. The Hall–Kier alpha value is -1.40. The molecule has 1 aromatic rings. The van der Waals surface area contributed by atoms with Gasteiger partial charge in [-0.15, -0.1) is 12.4 Å². The third-order valence-corrected chi connectivity index (χ3v) is 2.70. The highest BCUT2D eigenvalue weighted by atomic mass is 35.5. The molecule has 94 valence electrons. The lowest BCUT2D eigenvalue weighted by Crippen LogP contribution is -2.26. The van der Waals surface area contributed by atoms with Gasteiger partial charge in [-0.05, 0) is 18.6 Å². The zero-order valence-electron chi connectivity index (χ0n) is 9.01. The van der Waals surface area contributed by atoms with E-state index >= 15 is 0 Å². The van der Waals surface area contributed by atoms with Crippen LogP contribution in [0.3, 0.4) is 0 Å². The summed E-state index contributed by atoms with van der Waals surface area (Å²) in [7, 11) is 0. The molecule has 1 aromatic carbocycles. The number of anilines is 1. The van der Waals surface area contributed by atoms with E-state index < -0.39 is 10.7 Å². The van der Waals surface area contributed by atoms with E-state index in [4.69, 9.17) is 5.73 Å². The van der Waals surface area contributed by atoms with E-state index in [0.717, 1.165) is 12.5 Å². The van der Waals surface area contributed by atoms with Crippen LogP contribution in [0.5, 0.6) is 0 Å². The van der Waals surface area contributed by atoms with Crippen LogP contribution in [0.15, 0.2) is 18.2 Å². The van der Waals surface area contributed by atoms with E-state index in [2.05, 4.69) is 0 Å². The third-order valence-electron chi connectivity index (χ3n) is 2.70. The molecule has 5 nitrogen and oxygen atoms in total. The average molecular weight is 262 g/mol. The van der Waals surface area contributed by atoms with E-state index in [1.807, 2.05) is 4.90 Å². The number of hydrogen-bond acceptors (Lipinski definition) is 4. The Morgan fingerprint density at radius 3 is 2.76 bits per heavy atom. The summed E-state index contributed by atoms with van der Waals surface area (Å²) in [6.45, 7) is 1.25. The lowest BCUT2D eigenvalue weighted by molar-refractivity contribution is -0.384. The van der Waals surface area contributed by atoms with Crippen LogP contribution in [0, 0.1) is 15.9 Å². The first-order valence-electron chi connectivity index (χ1n) is 5.02. The largest absolute Gasteiger partial charge is 0.364 e. The summed E-state index contributed by atoms with van der Waals surface area (Å²) >= 11 is 0. The summed E-state index contributed by atoms with van der Waals surface area (Å²) in [5.41, 5.74) is 5.98. The van der Waals surface area contributed by atoms with Crippen molar-refractivity contribution in [1.29, 1.82) is 0 Å². The van der Waals surface area contributed by atoms with Gasteiger partial charge >= 0.3 is 0 Å². The van der Waals surface area contributed by atoms with Crippen molar-refractivity contribution in [2.75, 3.05) is 18.0 Å². The van der Waals surface area contributed by atoms with Gasteiger partial charge in [0.2, 0.25) is 0 Å². The maximum absolute atomic E-state index is 12.9. The Kier molecular flexibility index (Phi) is 4.25. The van der Waals surface area contributed by atoms with Gasteiger partial charge in [0.25, 0.3) is 5.69 Å². The molecule has 0 unspecified atom stereocenters. The topological polar surface area (TPSA) is 72.4 Å². The van der Waals surface area contributed by atoms with Crippen LogP contribution in [0.1, 0.15) is 6.42 Å². The smallest absolute Gasteiger partial charge is 0.295 e. The molecule has 0 aliphatic carbocycles. The van der Waals surface area contributed by atoms with Gasteiger partial charge in [-0.3, -0.25) is 10.1 Å². The van der Waals surface area contributed by atoms with Gasteiger partial charge in [0.1, 0.15) is 11.5 Å². The van der Waals surface area contributed by atoms with Crippen molar-refractivity contribution >= 4 is 23.8 Å². The fraction of sp³-hybridized carbons (Fsp3) is 0.400. The van der Waals surface area contributed by atoms with Gasteiger partial charge in [-0.2, -0.15) is 0 Å². The number of nitro benzene ring substituents is 1. The molecule has 0 radical (unpaired) electrons. The molecule has 7 heteroatoms. The first-order valence-corrected chi connectivity index (χ1v) is 5.02. The third kappa shape index (κ3) is 2.83. The quantitative estimate of drug-likeness (QED) is 0.650. The monoisotopic (exact) mass is 261 g/mol.